The SMILES string of the molecule is C[C@@H]1CN(c2nc(Cl)nc(N)c2[N+](=O)[O-])C[C@H](C)O1. The second-order valence-electron chi connectivity index (χ2n) is 4.47. The summed E-state index contributed by atoms with van der Waals surface area (Å²) in [5.41, 5.74) is 5.25. The lowest BCUT2D eigenvalue weighted by Gasteiger charge is -2.35. The zero-order valence-electron chi connectivity index (χ0n) is 10.5. The summed E-state index contributed by atoms with van der Waals surface area (Å²) in [7, 11) is 0. The van der Waals surface area contributed by atoms with Crippen LogP contribution >= 0.6 is 11.6 Å². The first-order valence-corrected chi connectivity index (χ1v) is 6.14. The fraction of sp³-hybridized carbons (Fsp3) is 0.600. The van der Waals surface area contributed by atoms with Gasteiger partial charge in [-0.2, -0.15) is 9.97 Å². The summed E-state index contributed by atoms with van der Waals surface area (Å²) in [6.45, 7) is 4.75. The van der Waals surface area contributed by atoms with Gasteiger partial charge in [0.1, 0.15) is 0 Å². The fourth-order valence-corrected chi connectivity index (χ4v) is 2.35. The Bertz CT molecular complexity index is 502. The topological polar surface area (TPSA) is 107 Å². The van der Waals surface area contributed by atoms with Crippen molar-refractivity contribution in [2.24, 2.45) is 0 Å². The number of nitro groups is 1. The quantitative estimate of drug-likeness (QED) is 0.495. The third-order valence-electron chi connectivity index (χ3n) is 2.77. The van der Waals surface area contributed by atoms with Crippen molar-refractivity contribution in [3.8, 4) is 0 Å². The van der Waals surface area contributed by atoms with Crippen molar-refractivity contribution in [3.63, 3.8) is 0 Å². The highest BCUT2D eigenvalue weighted by Gasteiger charge is 2.31. The van der Waals surface area contributed by atoms with Crippen LogP contribution in [0.3, 0.4) is 0 Å². The molecule has 0 radical (unpaired) electrons. The molecule has 9 heteroatoms. The molecular weight excluding hydrogens is 274 g/mol. The lowest BCUT2D eigenvalue weighted by molar-refractivity contribution is -0.383. The molecule has 0 spiro atoms. The first-order valence-electron chi connectivity index (χ1n) is 5.76. The Morgan fingerprint density at radius 1 is 1.42 bits per heavy atom. The number of ether oxygens (including phenoxy) is 1. The molecule has 19 heavy (non-hydrogen) atoms. The summed E-state index contributed by atoms with van der Waals surface area (Å²) < 4.78 is 5.58. The first kappa shape index (κ1) is 13.8. The molecule has 0 bridgehead atoms. The zero-order valence-corrected chi connectivity index (χ0v) is 11.3. The van der Waals surface area contributed by atoms with E-state index < -0.39 is 4.92 Å². The third-order valence-corrected chi connectivity index (χ3v) is 2.94. The van der Waals surface area contributed by atoms with Crippen molar-refractivity contribution in [2.75, 3.05) is 23.7 Å². The van der Waals surface area contributed by atoms with E-state index in [9.17, 15) is 10.1 Å². The fourth-order valence-electron chi connectivity index (χ4n) is 2.18. The number of hydrogen-bond acceptors (Lipinski definition) is 7. The smallest absolute Gasteiger partial charge is 0.353 e. The predicted molar refractivity (Wildman–Crippen MR) is 70.3 cm³/mol. The minimum Gasteiger partial charge on any atom is -0.378 e. The molecule has 0 unspecified atom stereocenters. The molecular formula is C10H14ClN5O3. The largest absolute Gasteiger partial charge is 0.378 e. The van der Waals surface area contributed by atoms with E-state index in [0.717, 1.165) is 0 Å². The Hall–Kier alpha value is -1.67. The molecule has 1 aromatic heterocycles. The second-order valence-corrected chi connectivity index (χ2v) is 4.81. The molecule has 0 aromatic carbocycles. The number of anilines is 2. The lowest BCUT2D eigenvalue weighted by atomic mass is 10.2. The zero-order chi connectivity index (χ0) is 14.2. The van der Waals surface area contributed by atoms with Gasteiger partial charge in [0.25, 0.3) is 0 Å². The highest BCUT2D eigenvalue weighted by atomic mass is 35.5. The van der Waals surface area contributed by atoms with Gasteiger partial charge in [0.05, 0.1) is 17.1 Å². The van der Waals surface area contributed by atoms with Crippen LogP contribution in [0, 0.1) is 10.1 Å². The van der Waals surface area contributed by atoms with E-state index in [1.165, 1.54) is 0 Å². The second kappa shape index (κ2) is 5.14. The van der Waals surface area contributed by atoms with Crippen molar-refractivity contribution >= 4 is 28.9 Å². The molecule has 1 aliphatic heterocycles. The number of nitrogens with two attached hydrogens (primary N) is 1. The van der Waals surface area contributed by atoms with Gasteiger partial charge in [-0.1, -0.05) is 0 Å². The van der Waals surface area contributed by atoms with Gasteiger partial charge in [0.2, 0.25) is 16.9 Å². The molecule has 2 N–H and O–H groups in total. The normalized spacial score (nSPS) is 23.4. The maximum Gasteiger partial charge on any atom is 0.353 e. The van der Waals surface area contributed by atoms with Crippen molar-refractivity contribution in [3.05, 3.63) is 15.4 Å². The lowest BCUT2D eigenvalue weighted by Crippen LogP contribution is -2.46. The van der Waals surface area contributed by atoms with E-state index in [1.807, 2.05) is 13.8 Å². The molecule has 0 aliphatic carbocycles. The Morgan fingerprint density at radius 3 is 2.53 bits per heavy atom. The van der Waals surface area contributed by atoms with Gasteiger partial charge in [-0.3, -0.25) is 10.1 Å². The maximum absolute atomic E-state index is 11.1. The first-order chi connectivity index (χ1) is 8.88. The highest BCUT2D eigenvalue weighted by molar-refractivity contribution is 6.28. The van der Waals surface area contributed by atoms with Crippen LogP contribution in [0.1, 0.15) is 13.8 Å². The van der Waals surface area contributed by atoms with Crippen molar-refractivity contribution in [1.82, 2.24) is 9.97 Å². The highest BCUT2D eigenvalue weighted by Crippen LogP contribution is 2.33. The van der Waals surface area contributed by atoms with Gasteiger partial charge in [-0.25, -0.2) is 0 Å². The minimum absolute atomic E-state index is 0.0571. The Labute approximate surface area is 114 Å². The molecule has 1 aromatic rings. The van der Waals surface area contributed by atoms with Gasteiger partial charge in [0.15, 0.2) is 0 Å². The van der Waals surface area contributed by atoms with Crippen LogP contribution in [0.5, 0.6) is 0 Å². The molecule has 8 nitrogen and oxygen atoms in total. The van der Waals surface area contributed by atoms with Crippen molar-refractivity contribution in [1.29, 1.82) is 0 Å². The van der Waals surface area contributed by atoms with Crippen molar-refractivity contribution < 1.29 is 9.66 Å². The van der Waals surface area contributed by atoms with Gasteiger partial charge in [-0.15, -0.1) is 0 Å². The summed E-state index contributed by atoms with van der Waals surface area (Å²) in [5, 5.41) is 11.0. The van der Waals surface area contributed by atoms with Crippen LogP contribution < -0.4 is 10.6 Å². The number of nitrogen functional groups attached to an aromatic ring is 1. The van der Waals surface area contributed by atoms with E-state index in [4.69, 9.17) is 22.1 Å². The van der Waals surface area contributed by atoms with Crippen LogP contribution in [0.4, 0.5) is 17.3 Å². The molecule has 1 fully saturated rings. The van der Waals surface area contributed by atoms with E-state index >= 15 is 0 Å². The van der Waals surface area contributed by atoms with Crippen LogP contribution in [0.2, 0.25) is 5.28 Å². The van der Waals surface area contributed by atoms with Gasteiger partial charge >= 0.3 is 5.69 Å². The average Bonchev–Trinajstić information content (AvgIpc) is 2.25. The molecule has 0 amide bonds. The molecule has 2 atom stereocenters. The summed E-state index contributed by atoms with van der Waals surface area (Å²) in [6.07, 6.45) is -0.114. The number of morpholine rings is 1. The standard InChI is InChI=1S/C10H14ClN5O3/c1-5-3-15(4-6(2)19-5)9-7(16(17)18)8(12)13-10(11)14-9/h5-6H,3-4H2,1-2H3,(H2,12,13,14)/t5-,6+. The summed E-state index contributed by atoms with van der Waals surface area (Å²) in [6, 6.07) is 0. The van der Waals surface area contributed by atoms with E-state index in [0.29, 0.717) is 13.1 Å². The van der Waals surface area contributed by atoms with E-state index in [1.54, 1.807) is 4.90 Å². The van der Waals surface area contributed by atoms with Crippen LogP contribution in [0.15, 0.2) is 0 Å². The summed E-state index contributed by atoms with van der Waals surface area (Å²) in [5.74, 6) is -0.0868. The minimum atomic E-state index is -0.591. The van der Waals surface area contributed by atoms with Gasteiger partial charge in [-0.05, 0) is 25.4 Å². The average molecular weight is 288 g/mol. The summed E-state index contributed by atoms with van der Waals surface area (Å²) >= 11 is 5.74. The molecule has 1 saturated heterocycles. The Balaban J connectivity index is 2.45. The number of hydrogen-bond donors (Lipinski definition) is 1. The number of nitrogens with zero attached hydrogens (tertiary/aromatic N) is 4. The number of rotatable bonds is 2. The van der Waals surface area contributed by atoms with Gasteiger partial charge in [0, 0.05) is 13.1 Å². The summed E-state index contributed by atoms with van der Waals surface area (Å²) in [4.78, 5) is 19.8. The van der Waals surface area contributed by atoms with Crippen molar-refractivity contribution in [2.45, 2.75) is 26.1 Å². The number of halogens is 1. The molecule has 104 valence electrons. The molecule has 2 rings (SSSR count). The van der Waals surface area contributed by atoms with Crippen LogP contribution in [-0.4, -0.2) is 40.2 Å². The van der Waals surface area contributed by atoms with Gasteiger partial charge < -0.3 is 15.4 Å². The third kappa shape index (κ3) is 2.85. The number of aromatic nitrogens is 2. The Morgan fingerprint density at radius 2 is 2.00 bits per heavy atom. The molecule has 1 aliphatic rings. The van der Waals surface area contributed by atoms with Crippen LogP contribution in [-0.2, 0) is 4.74 Å². The Kier molecular flexibility index (Phi) is 3.72. The van der Waals surface area contributed by atoms with E-state index in [2.05, 4.69) is 9.97 Å². The van der Waals surface area contributed by atoms with E-state index in [-0.39, 0.29) is 34.8 Å². The molecule has 0 saturated carbocycles. The molecule has 2 heterocycles. The monoisotopic (exact) mass is 287 g/mol. The van der Waals surface area contributed by atoms with Crippen LogP contribution in [0.25, 0.3) is 0 Å². The maximum atomic E-state index is 11.1. The predicted octanol–water partition coefficient (Wildman–Crippen LogP) is 1.23.